The van der Waals surface area contributed by atoms with E-state index in [1.165, 1.54) is 0 Å². The molecule has 1 atom stereocenters. The van der Waals surface area contributed by atoms with Crippen LogP contribution in [0, 0.1) is 5.92 Å². The summed E-state index contributed by atoms with van der Waals surface area (Å²) in [6, 6.07) is 1.56. The van der Waals surface area contributed by atoms with Crippen molar-refractivity contribution in [3.63, 3.8) is 0 Å². The van der Waals surface area contributed by atoms with Crippen molar-refractivity contribution >= 4 is 0 Å². The molecule has 16 heavy (non-hydrogen) atoms. The average molecular weight is 222 g/mol. The first-order chi connectivity index (χ1) is 7.61. The minimum Gasteiger partial charge on any atom is -0.373 e. The van der Waals surface area contributed by atoms with Gasteiger partial charge in [-0.1, -0.05) is 13.8 Å². The van der Waals surface area contributed by atoms with Gasteiger partial charge >= 0.3 is 0 Å². The maximum Gasteiger partial charge on any atom is 0.251 e. The van der Waals surface area contributed by atoms with Gasteiger partial charge in [0.05, 0.1) is 5.69 Å². The molecule has 1 fully saturated rings. The summed E-state index contributed by atoms with van der Waals surface area (Å²) >= 11 is 0. The Bertz CT molecular complexity index is 421. The smallest absolute Gasteiger partial charge is 0.251 e. The molecule has 88 valence electrons. The lowest BCUT2D eigenvalue weighted by atomic mass is 10.1. The molecule has 0 spiro atoms. The summed E-state index contributed by atoms with van der Waals surface area (Å²) < 4.78 is 5.42. The van der Waals surface area contributed by atoms with Crippen molar-refractivity contribution in [1.29, 1.82) is 0 Å². The lowest BCUT2D eigenvalue weighted by molar-refractivity contribution is 0.0767. The van der Waals surface area contributed by atoms with Crippen LogP contribution in [0.25, 0.3) is 0 Å². The van der Waals surface area contributed by atoms with E-state index in [0.29, 0.717) is 11.7 Å². The van der Waals surface area contributed by atoms with Gasteiger partial charge in [-0.3, -0.25) is 4.79 Å². The predicted molar refractivity (Wildman–Crippen MR) is 61.4 cm³/mol. The van der Waals surface area contributed by atoms with Crippen LogP contribution in [-0.4, -0.2) is 17.1 Å². The first-order valence-electron chi connectivity index (χ1n) is 5.75. The monoisotopic (exact) mass is 222 g/mol. The van der Waals surface area contributed by atoms with E-state index in [1.54, 1.807) is 13.2 Å². The summed E-state index contributed by atoms with van der Waals surface area (Å²) in [5, 5.41) is 0. The number of nitrogens with zero attached hydrogens (tertiary/aromatic N) is 1. The molecule has 0 bridgehead atoms. The zero-order valence-corrected chi connectivity index (χ0v) is 9.99. The van der Waals surface area contributed by atoms with E-state index in [1.807, 2.05) is 13.8 Å². The number of methoxy groups -OCH3 is 1. The molecule has 1 saturated carbocycles. The van der Waals surface area contributed by atoms with Crippen LogP contribution in [0.3, 0.4) is 0 Å². The van der Waals surface area contributed by atoms with Crippen molar-refractivity contribution in [2.24, 2.45) is 5.92 Å². The minimum absolute atomic E-state index is 0.0496. The quantitative estimate of drug-likeness (QED) is 0.847. The van der Waals surface area contributed by atoms with Crippen molar-refractivity contribution in [3.05, 3.63) is 27.9 Å². The fourth-order valence-corrected chi connectivity index (χ4v) is 1.85. The van der Waals surface area contributed by atoms with Gasteiger partial charge in [0, 0.05) is 13.2 Å². The molecule has 0 radical (unpaired) electrons. The molecule has 1 aliphatic carbocycles. The van der Waals surface area contributed by atoms with Gasteiger partial charge in [0.15, 0.2) is 0 Å². The largest absolute Gasteiger partial charge is 0.373 e. The van der Waals surface area contributed by atoms with Crippen LogP contribution in [0.15, 0.2) is 10.9 Å². The third-order valence-corrected chi connectivity index (χ3v) is 2.94. The molecule has 4 heteroatoms. The molecule has 1 N–H and O–H groups in total. The highest BCUT2D eigenvalue weighted by molar-refractivity contribution is 5.09. The number of hydrogen-bond acceptors (Lipinski definition) is 3. The topological polar surface area (TPSA) is 55.0 Å². The van der Waals surface area contributed by atoms with Gasteiger partial charge in [0.1, 0.15) is 11.9 Å². The minimum atomic E-state index is -0.0867. The highest BCUT2D eigenvalue weighted by atomic mass is 16.5. The van der Waals surface area contributed by atoms with Gasteiger partial charge < -0.3 is 9.72 Å². The Balaban J connectivity index is 2.35. The standard InChI is InChI=1S/C12H18N2O2/c1-7(2)9-6-10(15)14-12(13-9)11(16-3)8-4-5-8/h6-8,11H,4-5H2,1-3H3,(H,13,14,15). The average Bonchev–Trinajstić information content (AvgIpc) is 3.02. The Kier molecular flexibility index (Phi) is 3.10. The summed E-state index contributed by atoms with van der Waals surface area (Å²) in [5.74, 6) is 1.47. The van der Waals surface area contributed by atoms with Crippen molar-refractivity contribution in [2.75, 3.05) is 7.11 Å². The van der Waals surface area contributed by atoms with E-state index in [0.717, 1.165) is 18.5 Å². The molecule has 1 aromatic rings. The first-order valence-corrected chi connectivity index (χ1v) is 5.75. The molecular formula is C12H18N2O2. The summed E-state index contributed by atoms with van der Waals surface area (Å²) in [7, 11) is 1.67. The summed E-state index contributed by atoms with van der Waals surface area (Å²) in [6.45, 7) is 4.06. The number of rotatable bonds is 4. The van der Waals surface area contributed by atoms with Gasteiger partial charge in [-0.05, 0) is 24.7 Å². The van der Waals surface area contributed by atoms with E-state index >= 15 is 0 Å². The second kappa shape index (κ2) is 4.37. The third-order valence-electron chi connectivity index (χ3n) is 2.94. The molecule has 1 unspecified atom stereocenters. The number of aromatic amines is 1. The van der Waals surface area contributed by atoms with Gasteiger partial charge in [-0.25, -0.2) is 4.98 Å². The van der Waals surface area contributed by atoms with Crippen molar-refractivity contribution in [3.8, 4) is 0 Å². The van der Waals surface area contributed by atoms with E-state index < -0.39 is 0 Å². The van der Waals surface area contributed by atoms with Gasteiger partial charge in [-0.2, -0.15) is 0 Å². The normalized spacial score (nSPS) is 17.8. The number of H-pyrrole nitrogens is 1. The van der Waals surface area contributed by atoms with Crippen LogP contribution in [0.2, 0.25) is 0 Å². The number of hydrogen-bond donors (Lipinski definition) is 1. The fraction of sp³-hybridized carbons (Fsp3) is 0.667. The lowest BCUT2D eigenvalue weighted by Crippen LogP contribution is -2.18. The second-order valence-electron chi connectivity index (χ2n) is 4.70. The van der Waals surface area contributed by atoms with Crippen LogP contribution in [0.1, 0.15) is 50.2 Å². The maximum absolute atomic E-state index is 11.5. The summed E-state index contributed by atoms with van der Waals surface area (Å²) in [4.78, 5) is 18.8. The Hall–Kier alpha value is -1.16. The van der Waals surface area contributed by atoms with E-state index in [4.69, 9.17) is 4.74 Å². The third kappa shape index (κ3) is 2.32. The van der Waals surface area contributed by atoms with Crippen molar-refractivity contribution < 1.29 is 4.74 Å². The predicted octanol–water partition coefficient (Wildman–Crippen LogP) is 1.99. The highest BCUT2D eigenvalue weighted by Gasteiger charge is 2.34. The van der Waals surface area contributed by atoms with Gasteiger partial charge in [0.25, 0.3) is 5.56 Å². The lowest BCUT2D eigenvalue weighted by Gasteiger charge is -2.15. The molecule has 0 aromatic carbocycles. The maximum atomic E-state index is 11.5. The number of ether oxygens (including phenoxy) is 1. The molecule has 0 aliphatic heterocycles. The number of nitrogens with one attached hydrogen (secondary N) is 1. The Morgan fingerprint density at radius 2 is 2.19 bits per heavy atom. The van der Waals surface area contributed by atoms with Crippen molar-refractivity contribution in [2.45, 2.75) is 38.7 Å². The van der Waals surface area contributed by atoms with E-state index in [-0.39, 0.29) is 17.6 Å². The second-order valence-corrected chi connectivity index (χ2v) is 4.70. The molecule has 1 aliphatic rings. The zero-order chi connectivity index (χ0) is 11.7. The van der Waals surface area contributed by atoms with Crippen LogP contribution >= 0.6 is 0 Å². The van der Waals surface area contributed by atoms with Crippen LogP contribution < -0.4 is 5.56 Å². The molecule has 1 heterocycles. The fourth-order valence-electron chi connectivity index (χ4n) is 1.85. The van der Waals surface area contributed by atoms with Gasteiger partial charge in [0.2, 0.25) is 0 Å². The Morgan fingerprint density at radius 1 is 1.50 bits per heavy atom. The zero-order valence-electron chi connectivity index (χ0n) is 9.99. The Labute approximate surface area is 95.1 Å². The molecule has 0 amide bonds. The van der Waals surface area contributed by atoms with Gasteiger partial charge in [-0.15, -0.1) is 0 Å². The number of aromatic nitrogens is 2. The molecular weight excluding hydrogens is 204 g/mol. The molecule has 4 nitrogen and oxygen atoms in total. The van der Waals surface area contributed by atoms with E-state index in [9.17, 15) is 4.79 Å². The summed E-state index contributed by atoms with van der Waals surface area (Å²) in [5.41, 5.74) is 0.748. The van der Waals surface area contributed by atoms with Crippen LogP contribution in [0.5, 0.6) is 0 Å². The van der Waals surface area contributed by atoms with E-state index in [2.05, 4.69) is 9.97 Å². The molecule has 2 rings (SSSR count). The summed E-state index contributed by atoms with van der Waals surface area (Å²) in [6.07, 6.45) is 2.27. The molecule has 1 aromatic heterocycles. The van der Waals surface area contributed by atoms with Crippen molar-refractivity contribution in [1.82, 2.24) is 9.97 Å². The first kappa shape index (κ1) is 11.3. The highest BCUT2D eigenvalue weighted by Crippen LogP contribution is 2.41. The SMILES string of the molecule is COC(c1nc(C(C)C)cc(=O)[nH]1)C1CC1. The van der Waals surface area contributed by atoms with Crippen LogP contribution in [-0.2, 0) is 4.74 Å². The van der Waals surface area contributed by atoms with Crippen LogP contribution in [0.4, 0.5) is 0 Å². The Morgan fingerprint density at radius 3 is 2.69 bits per heavy atom. The molecule has 0 saturated heterocycles.